The fraction of sp³-hybridized carbons (Fsp3) is 0.312. The fourth-order valence-electron chi connectivity index (χ4n) is 2.80. The molecule has 1 aromatic heterocycles. The summed E-state index contributed by atoms with van der Waals surface area (Å²) >= 11 is 0. The van der Waals surface area contributed by atoms with E-state index in [1.54, 1.807) is 11.0 Å². The molecule has 124 valence electrons. The number of hydrogen-bond acceptors (Lipinski definition) is 3. The van der Waals surface area contributed by atoms with Gasteiger partial charge >= 0.3 is 5.97 Å². The molecule has 5 nitrogen and oxygen atoms in total. The minimum atomic E-state index is -0.832. The van der Waals surface area contributed by atoms with Crippen LogP contribution in [0.4, 0.5) is 0 Å². The smallest absolute Gasteiger partial charge is 0.308 e. The van der Waals surface area contributed by atoms with Crippen LogP contribution in [0.3, 0.4) is 0 Å². The Morgan fingerprint density at radius 2 is 1.96 bits per heavy atom. The zero-order valence-corrected chi connectivity index (χ0v) is 14.2. The Morgan fingerprint density at radius 1 is 1.26 bits per heavy atom. The summed E-state index contributed by atoms with van der Waals surface area (Å²) in [7, 11) is 0. The maximum absolute atomic E-state index is 12.7. The van der Waals surface area contributed by atoms with E-state index in [0.29, 0.717) is 18.5 Å². The summed E-state index contributed by atoms with van der Waals surface area (Å²) in [5.74, 6) is -1.40. The van der Waals surface area contributed by atoms with Crippen molar-refractivity contribution in [2.45, 2.75) is 13.3 Å². The highest BCUT2D eigenvalue weighted by Crippen LogP contribution is 2.23. The molecule has 23 heavy (non-hydrogen) atoms. The van der Waals surface area contributed by atoms with Gasteiger partial charge in [0, 0.05) is 24.2 Å². The van der Waals surface area contributed by atoms with Gasteiger partial charge < -0.3 is 10.0 Å². The van der Waals surface area contributed by atoms with Crippen LogP contribution in [0.25, 0.3) is 10.9 Å². The zero-order chi connectivity index (χ0) is 15.0. The Balaban J connectivity index is 0.00000132. The molecule has 1 aliphatic rings. The second-order valence-electron chi connectivity index (χ2n) is 5.40. The molecular weight excluding hydrogens is 339 g/mol. The maximum atomic E-state index is 12.7. The fourth-order valence-corrected chi connectivity index (χ4v) is 2.80. The third-order valence-electron chi connectivity index (χ3n) is 3.90. The lowest BCUT2D eigenvalue weighted by atomic mass is 10.1. The van der Waals surface area contributed by atoms with Crippen molar-refractivity contribution in [1.29, 1.82) is 0 Å². The second kappa shape index (κ2) is 7.62. The van der Waals surface area contributed by atoms with Gasteiger partial charge in [0.25, 0.3) is 5.91 Å². The standard InChI is InChI=1S/C16H16N2O3.2ClH/c1-10-8-13(12-4-2-3-5-14(12)17-10)15(19)18-7-6-11(9-18)16(20)21;;/h2-5,8,11H,6-7,9H2,1H3,(H,20,21);2*1H. The number of carbonyl (C=O) groups excluding carboxylic acids is 1. The first-order valence-corrected chi connectivity index (χ1v) is 6.95. The molecule has 1 saturated heterocycles. The third kappa shape index (κ3) is 3.74. The average molecular weight is 357 g/mol. The van der Waals surface area contributed by atoms with E-state index >= 15 is 0 Å². The molecule has 0 radical (unpaired) electrons. The molecule has 1 amide bonds. The van der Waals surface area contributed by atoms with Crippen molar-refractivity contribution in [3.05, 3.63) is 41.6 Å². The number of aryl methyl sites for hydroxylation is 1. The highest BCUT2D eigenvalue weighted by molar-refractivity contribution is 6.06. The number of likely N-dealkylation sites (tertiary alicyclic amines) is 1. The Hall–Kier alpha value is -1.85. The van der Waals surface area contributed by atoms with Crippen molar-refractivity contribution < 1.29 is 14.7 Å². The Kier molecular flexibility index (Phi) is 6.36. The lowest BCUT2D eigenvalue weighted by Gasteiger charge is -2.17. The number of fused-ring (bicyclic) bond motifs is 1. The monoisotopic (exact) mass is 356 g/mol. The van der Waals surface area contributed by atoms with Crippen LogP contribution in [0.15, 0.2) is 30.3 Å². The van der Waals surface area contributed by atoms with Gasteiger partial charge in [-0.05, 0) is 25.5 Å². The second-order valence-corrected chi connectivity index (χ2v) is 5.40. The molecular formula is C16H18Cl2N2O3. The van der Waals surface area contributed by atoms with E-state index in [9.17, 15) is 9.59 Å². The average Bonchev–Trinajstić information content (AvgIpc) is 2.95. The minimum Gasteiger partial charge on any atom is -0.481 e. The third-order valence-corrected chi connectivity index (χ3v) is 3.90. The van der Waals surface area contributed by atoms with Crippen LogP contribution in [0.2, 0.25) is 0 Å². The van der Waals surface area contributed by atoms with Crippen LogP contribution in [0.5, 0.6) is 0 Å². The number of aliphatic carboxylic acids is 1. The number of carbonyl (C=O) groups is 2. The number of hydrogen-bond donors (Lipinski definition) is 1. The van der Waals surface area contributed by atoms with Crippen molar-refractivity contribution in [3.63, 3.8) is 0 Å². The lowest BCUT2D eigenvalue weighted by molar-refractivity contribution is -0.141. The van der Waals surface area contributed by atoms with Gasteiger partial charge in [0.2, 0.25) is 0 Å². The van der Waals surface area contributed by atoms with E-state index in [4.69, 9.17) is 5.11 Å². The molecule has 0 aliphatic carbocycles. The molecule has 2 aromatic rings. The summed E-state index contributed by atoms with van der Waals surface area (Å²) in [5.41, 5.74) is 2.17. The van der Waals surface area contributed by atoms with Gasteiger partial charge in [0.05, 0.1) is 17.0 Å². The number of para-hydroxylation sites is 1. The van der Waals surface area contributed by atoms with Crippen LogP contribution < -0.4 is 0 Å². The van der Waals surface area contributed by atoms with E-state index in [1.807, 2.05) is 31.2 Å². The van der Waals surface area contributed by atoms with Crippen molar-refractivity contribution in [3.8, 4) is 0 Å². The number of amides is 1. The van der Waals surface area contributed by atoms with Crippen molar-refractivity contribution in [2.75, 3.05) is 13.1 Å². The highest BCUT2D eigenvalue weighted by Gasteiger charge is 2.31. The number of rotatable bonds is 2. The Morgan fingerprint density at radius 3 is 2.61 bits per heavy atom. The quantitative estimate of drug-likeness (QED) is 0.897. The summed E-state index contributed by atoms with van der Waals surface area (Å²) in [6.07, 6.45) is 0.517. The van der Waals surface area contributed by atoms with Gasteiger partial charge in [-0.25, -0.2) is 0 Å². The molecule has 3 rings (SSSR count). The lowest BCUT2D eigenvalue weighted by Crippen LogP contribution is -2.30. The number of carboxylic acid groups (broad SMARTS) is 1. The van der Waals surface area contributed by atoms with E-state index in [2.05, 4.69) is 4.98 Å². The van der Waals surface area contributed by atoms with E-state index in [0.717, 1.165) is 16.6 Å². The molecule has 1 aliphatic heterocycles. The molecule has 1 unspecified atom stereocenters. The summed E-state index contributed by atoms with van der Waals surface area (Å²) < 4.78 is 0. The predicted octanol–water partition coefficient (Wildman–Crippen LogP) is 2.93. The molecule has 2 heterocycles. The minimum absolute atomic E-state index is 0. The molecule has 7 heteroatoms. The highest BCUT2D eigenvalue weighted by atomic mass is 35.5. The van der Waals surface area contributed by atoms with Crippen LogP contribution in [-0.2, 0) is 4.79 Å². The van der Waals surface area contributed by atoms with Crippen LogP contribution in [0, 0.1) is 12.8 Å². The van der Waals surface area contributed by atoms with Crippen molar-refractivity contribution >= 4 is 47.6 Å². The van der Waals surface area contributed by atoms with Crippen molar-refractivity contribution in [2.24, 2.45) is 5.92 Å². The number of pyridine rings is 1. The van der Waals surface area contributed by atoms with Gasteiger partial charge in [-0.15, -0.1) is 24.8 Å². The van der Waals surface area contributed by atoms with Gasteiger partial charge in [0.1, 0.15) is 0 Å². The van der Waals surface area contributed by atoms with Gasteiger partial charge in [-0.3, -0.25) is 14.6 Å². The van der Waals surface area contributed by atoms with Crippen LogP contribution in [0.1, 0.15) is 22.5 Å². The van der Waals surface area contributed by atoms with E-state index in [1.165, 1.54) is 0 Å². The number of benzene rings is 1. The first-order chi connectivity index (χ1) is 10.1. The Bertz CT molecular complexity index is 736. The maximum Gasteiger partial charge on any atom is 0.308 e. The first kappa shape index (κ1) is 19.2. The van der Waals surface area contributed by atoms with E-state index in [-0.39, 0.29) is 37.3 Å². The SMILES string of the molecule is Cc1cc(C(=O)N2CCC(C(=O)O)C2)c2ccccc2n1.Cl.Cl. The van der Waals surface area contributed by atoms with E-state index < -0.39 is 11.9 Å². The largest absolute Gasteiger partial charge is 0.481 e. The topological polar surface area (TPSA) is 70.5 Å². The summed E-state index contributed by atoms with van der Waals surface area (Å²) in [5, 5.41) is 9.86. The number of nitrogens with zero attached hydrogens (tertiary/aromatic N) is 2. The molecule has 0 spiro atoms. The molecule has 1 N–H and O–H groups in total. The molecule has 1 fully saturated rings. The molecule has 0 bridgehead atoms. The normalized spacial score (nSPS) is 16.6. The molecule has 1 atom stereocenters. The molecule has 1 aromatic carbocycles. The van der Waals surface area contributed by atoms with Crippen LogP contribution >= 0.6 is 24.8 Å². The number of carboxylic acids is 1. The van der Waals surface area contributed by atoms with Crippen LogP contribution in [-0.4, -0.2) is 40.0 Å². The number of aromatic nitrogens is 1. The summed E-state index contributed by atoms with van der Waals surface area (Å²) in [6.45, 7) is 2.63. The molecule has 0 saturated carbocycles. The van der Waals surface area contributed by atoms with Crippen molar-refractivity contribution in [1.82, 2.24) is 9.88 Å². The predicted molar refractivity (Wildman–Crippen MR) is 92.6 cm³/mol. The van der Waals surface area contributed by atoms with Gasteiger partial charge in [-0.2, -0.15) is 0 Å². The summed E-state index contributed by atoms with van der Waals surface area (Å²) in [6, 6.07) is 9.29. The number of halogens is 2. The van der Waals surface area contributed by atoms with Gasteiger partial charge in [-0.1, -0.05) is 18.2 Å². The first-order valence-electron chi connectivity index (χ1n) is 6.95. The van der Waals surface area contributed by atoms with Gasteiger partial charge in [0.15, 0.2) is 0 Å². The Labute approximate surface area is 146 Å². The summed E-state index contributed by atoms with van der Waals surface area (Å²) in [4.78, 5) is 29.8. The zero-order valence-electron chi connectivity index (χ0n) is 12.6.